The zero-order valence-corrected chi connectivity index (χ0v) is 12.5. The number of rotatable bonds is 9. The van der Waals surface area contributed by atoms with Crippen LogP contribution < -0.4 is 11.1 Å². The van der Waals surface area contributed by atoms with E-state index in [-0.39, 0.29) is 18.2 Å². The van der Waals surface area contributed by atoms with Crippen molar-refractivity contribution in [1.29, 1.82) is 0 Å². The third-order valence-corrected chi connectivity index (χ3v) is 2.94. The van der Waals surface area contributed by atoms with Crippen LogP contribution in [0.2, 0.25) is 0 Å². The molecule has 18 heavy (non-hydrogen) atoms. The SMILES string of the molecule is COC(C)(C)CCOCC(C)(NC(C)C)C(N)=O. The van der Waals surface area contributed by atoms with Crippen LogP contribution in [0.1, 0.15) is 41.0 Å². The Labute approximate surface area is 110 Å². The van der Waals surface area contributed by atoms with E-state index in [9.17, 15) is 4.79 Å². The van der Waals surface area contributed by atoms with E-state index in [0.717, 1.165) is 6.42 Å². The minimum atomic E-state index is -0.828. The summed E-state index contributed by atoms with van der Waals surface area (Å²) in [5.74, 6) is -0.401. The summed E-state index contributed by atoms with van der Waals surface area (Å²) < 4.78 is 10.8. The zero-order chi connectivity index (χ0) is 14.4. The highest BCUT2D eigenvalue weighted by Crippen LogP contribution is 2.13. The Hall–Kier alpha value is -0.650. The number of primary amides is 1. The Bertz CT molecular complexity index is 267. The first kappa shape index (κ1) is 17.4. The number of hydrogen-bond donors (Lipinski definition) is 2. The monoisotopic (exact) mass is 260 g/mol. The largest absolute Gasteiger partial charge is 0.379 e. The van der Waals surface area contributed by atoms with Gasteiger partial charge in [-0.05, 0) is 41.0 Å². The lowest BCUT2D eigenvalue weighted by Crippen LogP contribution is -2.58. The molecule has 0 aromatic carbocycles. The van der Waals surface area contributed by atoms with E-state index in [1.807, 2.05) is 27.7 Å². The van der Waals surface area contributed by atoms with Gasteiger partial charge in [0.25, 0.3) is 0 Å². The van der Waals surface area contributed by atoms with Crippen molar-refractivity contribution in [2.24, 2.45) is 5.73 Å². The molecule has 0 saturated heterocycles. The van der Waals surface area contributed by atoms with Crippen LogP contribution in [0.25, 0.3) is 0 Å². The van der Waals surface area contributed by atoms with Crippen LogP contribution in [0.15, 0.2) is 0 Å². The van der Waals surface area contributed by atoms with E-state index < -0.39 is 11.4 Å². The molecular formula is C13H28N2O3. The predicted octanol–water partition coefficient (Wildman–Crippen LogP) is 1.06. The van der Waals surface area contributed by atoms with Crippen molar-refractivity contribution >= 4 is 5.91 Å². The molecule has 1 atom stereocenters. The molecular weight excluding hydrogens is 232 g/mol. The first-order valence-corrected chi connectivity index (χ1v) is 6.33. The summed E-state index contributed by atoms with van der Waals surface area (Å²) in [7, 11) is 1.67. The second-order valence-electron chi connectivity index (χ2n) is 5.76. The molecule has 0 aromatic rings. The summed E-state index contributed by atoms with van der Waals surface area (Å²) in [6.45, 7) is 10.5. The normalized spacial score (nSPS) is 15.7. The molecule has 0 saturated carbocycles. The summed E-state index contributed by atoms with van der Waals surface area (Å²) >= 11 is 0. The Balaban J connectivity index is 4.18. The zero-order valence-electron chi connectivity index (χ0n) is 12.5. The van der Waals surface area contributed by atoms with Gasteiger partial charge >= 0.3 is 0 Å². The van der Waals surface area contributed by atoms with Gasteiger partial charge in [0.2, 0.25) is 5.91 Å². The van der Waals surface area contributed by atoms with Gasteiger partial charge in [-0.25, -0.2) is 0 Å². The van der Waals surface area contributed by atoms with Gasteiger partial charge in [-0.15, -0.1) is 0 Å². The van der Waals surface area contributed by atoms with E-state index in [1.54, 1.807) is 14.0 Å². The lowest BCUT2D eigenvalue weighted by atomic mass is 10.0. The molecule has 1 amide bonds. The Kier molecular flexibility index (Phi) is 6.81. The quantitative estimate of drug-likeness (QED) is 0.608. The average molecular weight is 260 g/mol. The van der Waals surface area contributed by atoms with Gasteiger partial charge in [0.15, 0.2) is 0 Å². The van der Waals surface area contributed by atoms with E-state index in [2.05, 4.69) is 5.32 Å². The molecule has 0 aliphatic carbocycles. The van der Waals surface area contributed by atoms with Crippen LogP contribution in [0, 0.1) is 0 Å². The van der Waals surface area contributed by atoms with Gasteiger partial charge in [0, 0.05) is 19.8 Å². The van der Waals surface area contributed by atoms with Gasteiger partial charge in [0.05, 0.1) is 12.2 Å². The van der Waals surface area contributed by atoms with Crippen LogP contribution in [0.3, 0.4) is 0 Å². The number of carbonyl (C=O) groups excluding carboxylic acids is 1. The van der Waals surface area contributed by atoms with Crippen LogP contribution in [0.5, 0.6) is 0 Å². The van der Waals surface area contributed by atoms with E-state index in [1.165, 1.54) is 0 Å². The number of ether oxygens (including phenoxy) is 2. The van der Waals surface area contributed by atoms with E-state index >= 15 is 0 Å². The molecule has 0 radical (unpaired) electrons. The van der Waals surface area contributed by atoms with E-state index in [4.69, 9.17) is 15.2 Å². The highest BCUT2D eigenvalue weighted by atomic mass is 16.5. The second kappa shape index (κ2) is 7.07. The molecule has 0 aromatic heterocycles. The molecule has 1 unspecified atom stereocenters. The summed E-state index contributed by atoms with van der Waals surface area (Å²) in [6, 6.07) is 0.168. The number of nitrogens with two attached hydrogens (primary N) is 1. The van der Waals surface area contributed by atoms with Gasteiger partial charge in [0.1, 0.15) is 5.54 Å². The molecule has 0 bridgehead atoms. The number of methoxy groups -OCH3 is 1. The molecule has 0 aliphatic heterocycles. The molecule has 0 spiro atoms. The van der Waals surface area contributed by atoms with Crippen molar-refractivity contribution in [3.05, 3.63) is 0 Å². The number of carbonyl (C=O) groups is 1. The Morgan fingerprint density at radius 1 is 1.33 bits per heavy atom. The standard InChI is InChI=1S/C13H28N2O3/c1-10(2)15-13(5,11(14)16)9-18-8-7-12(3,4)17-6/h10,15H,7-9H2,1-6H3,(H2,14,16). The molecule has 0 heterocycles. The van der Waals surface area contributed by atoms with Crippen LogP contribution in [0.4, 0.5) is 0 Å². The van der Waals surface area contributed by atoms with Gasteiger partial charge in [-0.3, -0.25) is 10.1 Å². The first-order valence-electron chi connectivity index (χ1n) is 6.33. The Morgan fingerprint density at radius 3 is 2.28 bits per heavy atom. The van der Waals surface area contributed by atoms with Gasteiger partial charge < -0.3 is 15.2 Å². The maximum atomic E-state index is 11.5. The first-order chi connectivity index (χ1) is 8.13. The molecule has 0 fully saturated rings. The van der Waals surface area contributed by atoms with Crippen molar-refractivity contribution < 1.29 is 14.3 Å². The maximum absolute atomic E-state index is 11.5. The fraction of sp³-hybridized carbons (Fsp3) is 0.923. The molecule has 0 aliphatic rings. The minimum Gasteiger partial charge on any atom is -0.379 e. The van der Waals surface area contributed by atoms with Crippen molar-refractivity contribution in [2.45, 2.75) is 58.2 Å². The van der Waals surface area contributed by atoms with Crippen LogP contribution in [-0.2, 0) is 14.3 Å². The minimum absolute atomic E-state index is 0.168. The highest BCUT2D eigenvalue weighted by molar-refractivity contribution is 5.84. The van der Waals surface area contributed by atoms with Crippen molar-refractivity contribution in [3.8, 4) is 0 Å². The van der Waals surface area contributed by atoms with Crippen molar-refractivity contribution in [2.75, 3.05) is 20.3 Å². The number of hydrogen-bond acceptors (Lipinski definition) is 4. The maximum Gasteiger partial charge on any atom is 0.239 e. The summed E-state index contributed by atoms with van der Waals surface area (Å²) in [6.07, 6.45) is 0.764. The molecule has 3 N–H and O–H groups in total. The predicted molar refractivity (Wildman–Crippen MR) is 72.4 cm³/mol. The lowest BCUT2D eigenvalue weighted by Gasteiger charge is -2.30. The smallest absolute Gasteiger partial charge is 0.239 e. The van der Waals surface area contributed by atoms with Crippen LogP contribution >= 0.6 is 0 Å². The van der Waals surface area contributed by atoms with Crippen molar-refractivity contribution in [3.63, 3.8) is 0 Å². The lowest BCUT2D eigenvalue weighted by molar-refractivity contribution is -0.127. The summed E-state index contributed by atoms with van der Waals surface area (Å²) in [5, 5.41) is 3.14. The topological polar surface area (TPSA) is 73.6 Å². The Morgan fingerprint density at radius 2 is 1.89 bits per heavy atom. The molecule has 108 valence electrons. The van der Waals surface area contributed by atoms with Gasteiger partial charge in [-0.1, -0.05) is 0 Å². The molecule has 0 rings (SSSR count). The number of amides is 1. The molecule has 5 heteroatoms. The summed E-state index contributed by atoms with van der Waals surface area (Å²) in [4.78, 5) is 11.5. The fourth-order valence-corrected chi connectivity index (χ4v) is 1.52. The number of nitrogens with one attached hydrogen (secondary N) is 1. The van der Waals surface area contributed by atoms with Crippen molar-refractivity contribution in [1.82, 2.24) is 5.32 Å². The molecule has 5 nitrogen and oxygen atoms in total. The fourth-order valence-electron chi connectivity index (χ4n) is 1.52. The van der Waals surface area contributed by atoms with E-state index in [0.29, 0.717) is 6.61 Å². The van der Waals surface area contributed by atoms with Gasteiger partial charge in [-0.2, -0.15) is 0 Å². The summed E-state index contributed by atoms with van der Waals surface area (Å²) in [5.41, 5.74) is 4.37. The second-order valence-corrected chi connectivity index (χ2v) is 5.76. The average Bonchev–Trinajstić information content (AvgIpc) is 2.23. The third-order valence-electron chi connectivity index (χ3n) is 2.94. The highest BCUT2D eigenvalue weighted by Gasteiger charge is 2.32. The third kappa shape index (κ3) is 6.33. The van der Waals surface area contributed by atoms with Crippen LogP contribution in [-0.4, -0.2) is 43.4 Å².